The quantitative estimate of drug-likeness (QED) is 0.566. The normalized spacial score (nSPS) is 13.0. The highest BCUT2D eigenvalue weighted by atomic mass is 32.2. The molecular formula is C21H17N5O2S. The first-order valence-electron chi connectivity index (χ1n) is 9.12. The molecular weight excluding hydrogens is 386 g/mol. The van der Waals surface area contributed by atoms with Crippen LogP contribution in [0.5, 0.6) is 0 Å². The number of nitrogens with zero attached hydrogens (tertiary/aromatic N) is 4. The molecule has 7 nitrogen and oxygen atoms in total. The molecule has 0 saturated heterocycles. The fraction of sp³-hybridized carbons (Fsp3) is 0.0952. The van der Waals surface area contributed by atoms with Crippen LogP contribution in [-0.2, 0) is 22.9 Å². The summed E-state index contributed by atoms with van der Waals surface area (Å²) in [6.07, 6.45) is 5.35. The summed E-state index contributed by atoms with van der Waals surface area (Å²) in [6, 6.07) is 16.2. The number of aryl methyl sites for hydroxylation is 2. The van der Waals surface area contributed by atoms with Crippen molar-refractivity contribution in [3.05, 3.63) is 78.2 Å². The van der Waals surface area contributed by atoms with E-state index in [1.165, 1.54) is 12.1 Å². The Morgan fingerprint density at radius 2 is 1.69 bits per heavy atom. The Labute approximate surface area is 167 Å². The number of hydrogen-bond donors (Lipinski definition) is 1. The zero-order valence-corrected chi connectivity index (χ0v) is 16.2. The number of aromatic nitrogens is 4. The minimum Gasteiger partial charge on any atom is -0.236 e. The molecule has 1 aliphatic rings. The van der Waals surface area contributed by atoms with Crippen LogP contribution in [-0.4, -0.2) is 28.2 Å². The molecule has 2 aromatic carbocycles. The summed E-state index contributed by atoms with van der Waals surface area (Å²) >= 11 is 0. The molecule has 2 N–H and O–H groups in total. The van der Waals surface area contributed by atoms with Gasteiger partial charge in [0, 0.05) is 17.3 Å². The molecule has 0 radical (unpaired) electrons. The van der Waals surface area contributed by atoms with Crippen molar-refractivity contribution >= 4 is 10.0 Å². The first kappa shape index (κ1) is 17.7. The van der Waals surface area contributed by atoms with E-state index in [1.807, 2.05) is 42.7 Å². The summed E-state index contributed by atoms with van der Waals surface area (Å²) in [7, 11) is -3.74. The molecule has 1 aliphatic carbocycles. The molecule has 0 bridgehead atoms. The molecule has 0 atom stereocenters. The van der Waals surface area contributed by atoms with Crippen molar-refractivity contribution < 1.29 is 8.42 Å². The minimum atomic E-state index is -3.74. The van der Waals surface area contributed by atoms with E-state index in [2.05, 4.69) is 10.1 Å². The number of hydrogen-bond acceptors (Lipinski definition) is 5. The van der Waals surface area contributed by atoms with Crippen molar-refractivity contribution in [2.24, 2.45) is 5.14 Å². The van der Waals surface area contributed by atoms with Crippen LogP contribution < -0.4 is 5.14 Å². The van der Waals surface area contributed by atoms with Crippen molar-refractivity contribution in [3.63, 3.8) is 0 Å². The van der Waals surface area contributed by atoms with Gasteiger partial charge < -0.3 is 0 Å². The molecule has 0 aliphatic heterocycles. The standard InChI is InChI=1S/C21H17N5O2S/c22-29(27,28)17-9-7-16(8-10-17)26-20-15(12-24-26)6-11-19-18(20)13-23-21(25-19)14-4-2-1-3-5-14/h1-5,7-10,12-13H,6,11H2,(H2,22,27,28). The Bertz CT molecular complexity index is 1310. The van der Waals surface area contributed by atoms with Crippen LogP contribution in [0.1, 0.15) is 11.3 Å². The molecule has 0 fully saturated rings. The predicted molar refractivity (Wildman–Crippen MR) is 109 cm³/mol. The van der Waals surface area contributed by atoms with Gasteiger partial charge in [0.25, 0.3) is 0 Å². The van der Waals surface area contributed by atoms with E-state index >= 15 is 0 Å². The zero-order chi connectivity index (χ0) is 20.0. The molecule has 144 valence electrons. The van der Waals surface area contributed by atoms with E-state index in [1.54, 1.807) is 16.8 Å². The Hall–Kier alpha value is -3.36. The molecule has 0 spiro atoms. The second kappa shape index (κ2) is 6.61. The average Bonchev–Trinajstić information content (AvgIpc) is 3.18. The molecule has 2 heterocycles. The number of sulfonamides is 1. The fourth-order valence-electron chi connectivity index (χ4n) is 3.61. The molecule has 29 heavy (non-hydrogen) atoms. The zero-order valence-electron chi connectivity index (χ0n) is 15.4. The summed E-state index contributed by atoms with van der Waals surface area (Å²) < 4.78 is 24.8. The number of nitrogens with two attached hydrogens (primary N) is 1. The summed E-state index contributed by atoms with van der Waals surface area (Å²) in [6.45, 7) is 0. The highest BCUT2D eigenvalue weighted by Crippen LogP contribution is 2.34. The number of rotatable bonds is 3. The summed E-state index contributed by atoms with van der Waals surface area (Å²) in [5.74, 6) is 0.705. The number of fused-ring (bicyclic) bond motifs is 3. The lowest BCUT2D eigenvalue weighted by molar-refractivity contribution is 0.598. The molecule has 0 unspecified atom stereocenters. The van der Waals surface area contributed by atoms with Crippen molar-refractivity contribution in [1.29, 1.82) is 0 Å². The third kappa shape index (κ3) is 3.12. The maximum atomic E-state index is 11.5. The second-order valence-electron chi connectivity index (χ2n) is 6.89. The summed E-state index contributed by atoms with van der Waals surface area (Å²) in [4.78, 5) is 9.44. The molecule has 0 amide bonds. The third-order valence-corrected chi connectivity index (χ3v) is 5.97. The van der Waals surface area contributed by atoms with Crippen LogP contribution in [0.2, 0.25) is 0 Å². The third-order valence-electron chi connectivity index (χ3n) is 5.04. The predicted octanol–water partition coefficient (Wildman–Crippen LogP) is 2.74. The van der Waals surface area contributed by atoms with Crippen molar-refractivity contribution in [2.45, 2.75) is 17.7 Å². The van der Waals surface area contributed by atoms with Gasteiger partial charge in [0.2, 0.25) is 10.0 Å². The van der Waals surface area contributed by atoms with Gasteiger partial charge in [-0.3, -0.25) is 0 Å². The first-order chi connectivity index (χ1) is 14.0. The Balaban J connectivity index is 1.59. The van der Waals surface area contributed by atoms with Gasteiger partial charge in [0.1, 0.15) is 0 Å². The first-order valence-corrected chi connectivity index (χ1v) is 10.7. The van der Waals surface area contributed by atoms with Crippen molar-refractivity contribution in [3.8, 4) is 28.3 Å². The lowest BCUT2D eigenvalue weighted by Gasteiger charge is -2.18. The van der Waals surface area contributed by atoms with E-state index in [4.69, 9.17) is 10.1 Å². The van der Waals surface area contributed by atoms with Gasteiger partial charge >= 0.3 is 0 Å². The minimum absolute atomic E-state index is 0.0681. The van der Waals surface area contributed by atoms with Gasteiger partial charge in [0.15, 0.2) is 5.82 Å². The molecule has 5 rings (SSSR count). The van der Waals surface area contributed by atoms with Crippen LogP contribution in [0, 0.1) is 0 Å². The lowest BCUT2D eigenvalue weighted by atomic mass is 9.95. The Morgan fingerprint density at radius 1 is 0.931 bits per heavy atom. The van der Waals surface area contributed by atoms with E-state index < -0.39 is 10.0 Å². The van der Waals surface area contributed by atoms with Gasteiger partial charge in [0.05, 0.1) is 28.2 Å². The van der Waals surface area contributed by atoms with Gasteiger partial charge in [-0.15, -0.1) is 0 Å². The SMILES string of the molecule is NS(=O)(=O)c1ccc(-n2ncc3c2-c2cnc(-c4ccccc4)nc2CC3)cc1. The van der Waals surface area contributed by atoms with Gasteiger partial charge in [-0.1, -0.05) is 30.3 Å². The summed E-state index contributed by atoms with van der Waals surface area (Å²) in [5.41, 5.74) is 5.71. The Morgan fingerprint density at radius 3 is 2.41 bits per heavy atom. The van der Waals surface area contributed by atoms with Gasteiger partial charge in [-0.2, -0.15) is 5.10 Å². The Kier molecular flexibility index (Phi) is 4.04. The van der Waals surface area contributed by atoms with Crippen molar-refractivity contribution in [2.75, 3.05) is 0 Å². The average molecular weight is 403 g/mol. The van der Waals surface area contributed by atoms with E-state index in [0.29, 0.717) is 5.82 Å². The molecule has 8 heteroatoms. The van der Waals surface area contributed by atoms with Crippen LogP contribution in [0.4, 0.5) is 0 Å². The summed E-state index contributed by atoms with van der Waals surface area (Å²) in [5, 5.41) is 9.71. The second-order valence-corrected chi connectivity index (χ2v) is 8.45. The van der Waals surface area contributed by atoms with Crippen LogP contribution in [0.25, 0.3) is 28.3 Å². The molecule has 0 saturated carbocycles. The number of benzene rings is 2. The maximum Gasteiger partial charge on any atom is 0.238 e. The van der Waals surface area contributed by atoms with Gasteiger partial charge in [-0.05, 0) is 42.7 Å². The van der Waals surface area contributed by atoms with E-state index in [-0.39, 0.29) is 4.90 Å². The highest BCUT2D eigenvalue weighted by Gasteiger charge is 2.24. The highest BCUT2D eigenvalue weighted by molar-refractivity contribution is 7.89. The fourth-order valence-corrected chi connectivity index (χ4v) is 4.13. The topological polar surface area (TPSA) is 104 Å². The van der Waals surface area contributed by atoms with Crippen LogP contribution in [0.3, 0.4) is 0 Å². The smallest absolute Gasteiger partial charge is 0.236 e. The van der Waals surface area contributed by atoms with E-state index in [0.717, 1.165) is 46.6 Å². The lowest BCUT2D eigenvalue weighted by Crippen LogP contribution is -2.12. The maximum absolute atomic E-state index is 11.5. The monoisotopic (exact) mass is 403 g/mol. The van der Waals surface area contributed by atoms with Crippen LogP contribution in [0.15, 0.2) is 71.9 Å². The van der Waals surface area contributed by atoms with E-state index in [9.17, 15) is 8.42 Å². The molecule has 4 aromatic rings. The van der Waals surface area contributed by atoms with Crippen molar-refractivity contribution in [1.82, 2.24) is 19.7 Å². The van der Waals surface area contributed by atoms with Crippen LogP contribution >= 0.6 is 0 Å². The largest absolute Gasteiger partial charge is 0.238 e. The number of primary sulfonamides is 1. The van der Waals surface area contributed by atoms with Gasteiger partial charge in [-0.25, -0.2) is 28.2 Å². The molecule has 2 aromatic heterocycles.